The van der Waals surface area contributed by atoms with Crippen molar-refractivity contribution in [2.75, 3.05) is 13.7 Å². The van der Waals surface area contributed by atoms with Gasteiger partial charge in [-0.15, -0.1) is 0 Å². The molecule has 1 aromatic heterocycles. The Morgan fingerprint density at radius 3 is 3.00 bits per heavy atom. The van der Waals surface area contributed by atoms with Crippen LogP contribution in [0.2, 0.25) is 0 Å². The zero-order valence-corrected chi connectivity index (χ0v) is 12.1. The van der Waals surface area contributed by atoms with E-state index in [0.717, 1.165) is 32.1 Å². The van der Waals surface area contributed by atoms with Crippen LogP contribution in [0.4, 0.5) is 0 Å². The summed E-state index contributed by atoms with van der Waals surface area (Å²) < 4.78 is 10.5. The quantitative estimate of drug-likeness (QED) is 0.623. The lowest BCUT2D eigenvalue weighted by atomic mass is 9.99. The van der Waals surface area contributed by atoms with Gasteiger partial charge >= 0.3 is 5.97 Å². The van der Waals surface area contributed by atoms with E-state index in [1.165, 1.54) is 19.5 Å². The number of ether oxygens (including phenoxy) is 2. The van der Waals surface area contributed by atoms with Gasteiger partial charge in [-0.1, -0.05) is 6.42 Å². The van der Waals surface area contributed by atoms with Crippen LogP contribution in [0.15, 0.2) is 12.4 Å². The number of aromatic nitrogens is 2. The van der Waals surface area contributed by atoms with E-state index in [-0.39, 0.29) is 11.9 Å². The first-order valence-corrected chi connectivity index (χ1v) is 7.15. The molecule has 1 aliphatic rings. The van der Waals surface area contributed by atoms with Crippen LogP contribution in [0.25, 0.3) is 0 Å². The normalized spacial score (nSPS) is 21.9. The minimum Gasteiger partial charge on any atom is -0.477 e. The lowest BCUT2D eigenvalue weighted by molar-refractivity contribution is -0.145. The van der Waals surface area contributed by atoms with Crippen molar-refractivity contribution in [3.63, 3.8) is 0 Å². The van der Waals surface area contributed by atoms with E-state index in [1.807, 2.05) is 6.07 Å². The molecule has 6 nitrogen and oxygen atoms in total. The van der Waals surface area contributed by atoms with Crippen LogP contribution in [-0.2, 0) is 9.53 Å². The summed E-state index contributed by atoms with van der Waals surface area (Å²) in [7, 11) is 1.44. The Bertz CT molecular complexity index is 527. The van der Waals surface area contributed by atoms with Gasteiger partial charge in [-0.25, -0.2) is 9.97 Å². The van der Waals surface area contributed by atoms with Crippen molar-refractivity contribution in [1.29, 1.82) is 5.26 Å². The molecule has 1 saturated carbocycles. The van der Waals surface area contributed by atoms with Gasteiger partial charge in [0.15, 0.2) is 0 Å². The molecule has 112 valence electrons. The van der Waals surface area contributed by atoms with Gasteiger partial charge in [-0.3, -0.25) is 4.79 Å². The monoisotopic (exact) mass is 289 g/mol. The molecule has 0 amide bonds. The summed E-state index contributed by atoms with van der Waals surface area (Å²) in [6.07, 6.45) is 6.03. The van der Waals surface area contributed by atoms with Gasteiger partial charge in [0, 0.05) is 6.07 Å². The summed E-state index contributed by atoms with van der Waals surface area (Å²) in [5.41, 5.74) is 0.298. The highest BCUT2D eigenvalue weighted by atomic mass is 16.5. The molecular weight excluding hydrogens is 270 g/mol. The Kier molecular flexibility index (Phi) is 5.50. The maximum absolute atomic E-state index is 11.6. The average Bonchev–Trinajstić information content (AvgIpc) is 2.78. The average molecular weight is 289 g/mol. The Balaban J connectivity index is 1.84. The molecule has 0 bridgehead atoms. The van der Waals surface area contributed by atoms with Crippen LogP contribution in [-0.4, -0.2) is 29.7 Å². The predicted octanol–water partition coefficient (Wildman–Crippen LogP) is 2.10. The first kappa shape index (κ1) is 15.2. The maximum Gasteiger partial charge on any atom is 0.308 e. The Labute approximate surface area is 124 Å². The summed E-state index contributed by atoms with van der Waals surface area (Å²) >= 11 is 0. The second kappa shape index (κ2) is 7.58. The van der Waals surface area contributed by atoms with Gasteiger partial charge < -0.3 is 9.47 Å². The molecule has 0 aliphatic heterocycles. The van der Waals surface area contributed by atoms with Crippen molar-refractivity contribution in [2.24, 2.45) is 11.8 Å². The van der Waals surface area contributed by atoms with Crippen molar-refractivity contribution in [1.82, 2.24) is 9.97 Å². The van der Waals surface area contributed by atoms with E-state index < -0.39 is 0 Å². The van der Waals surface area contributed by atoms with Crippen LogP contribution in [0, 0.1) is 23.2 Å². The van der Waals surface area contributed by atoms with Gasteiger partial charge in [0.25, 0.3) is 0 Å². The molecule has 0 aromatic carbocycles. The van der Waals surface area contributed by atoms with E-state index in [1.54, 1.807) is 0 Å². The molecule has 21 heavy (non-hydrogen) atoms. The topological polar surface area (TPSA) is 85.1 Å². The van der Waals surface area contributed by atoms with E-state index in [0.29, 0.717) is 24.1 Å². The SMILES string of the molecule is COC(=O)C1CCCC(COc2cc(C#N)ncn2)CC1. The molecule has 0 radical (unpaired) electrons. The molecule has 1 fully saturated rings. The summed E-state index contributed by atoms with van der Waals surface area (Å²) in [5.74, 6) is 0.741. The van der Waals surface area contributed by atoms with Gasteiger partial charge in [0.1, 0.15) is 18.1 Å². The van der Waals surface area contributed by atoms with Crippen LogP contribution in [0.5, 0.6) is 5.88 Å². The zero-order valence-electron chi connectivity index (χ0n) is 12.1. The number of methoxy groups -OCH3 is 1. The minimum absolute atomic E-state index is 0.0178. The molecule has 2 unspecified atom stereocenters. The number of nitrogens with zero attached hydrogens (tertiary/aromatic N) is 3. The molecule has 0 saturated heterocycles. The van der Waals surface area contributed by atoms with E-state index in [9.17, 15) is 4.79 Å². The summed E-state index contributed by atoms with van der Waals surface area (Å²) in [6.45, 7) is 0.551. The van der Waals surface area contributed by atoms with Crippen LogP contribution < -0.4 is 4.74 Å². The molecule has 0 N–H and O–H groups in total. The number of esters is 1. The molecular formula is C15H19N3O3. The first-order chi connectivity index (χ1) is 10.2. The fourth-order valence-electron chi connectivity index (χ4n) is 2.63. The Morgan fingerprint density at radius 2 is 2.24 bits per heavy atom. The fourth-order valence-corrected chi connectivity index (χ4v) is 2.63. The lowest BCUT2D eigenvalue weighted by Gasteiger charge is -2.15. The first-order valence-electron chi connectivity index (χ1n) is 7.15. The summed E-state index contributed by atoms with van der Waals surface area (Å²) in [4.78, 5) is 19.4. The van der Waals surface area contributed by atoms with Crippen molar-refractivity contribution >= 4 is 5.97 Å². The van der Waals surface area contributed by atoms with Crippen LogP contribution in [0.1, 0.15) is 37.8 Å². The molecule has 0 spiro atoms. The molecule has 2 rings (SSSR count). The minimum atomic E-state index is -0.106. The van der Waals surface area contributed by atoms with Crippen molar-refractivity contribution in [3.8, 4) is 11.9 Å². The number of hydrogen-bond acceptors (Lipinski definition) is 6. The second-order valence-electron chi connectivity index (χ2n) is 5.26. The molecule has 1 heterocycles. The summed E-state index contributed by atoms with van der Waals surface area (Å²) in [5, 5.41) is 8.78. The second-order valence-corrected chi connectivity index (χ2v) is 5.26. The van der Waals surface area contributed by atoms with Gasteiger partial charge in [-0.05, 0) is 31.6 Å². The van der Waals surface area contributed by atoms with E-state index >= 15 is 0 Å². The molecule has 2 atom stereocenters. The number of rotatable bonds is 4. The molecule has 1 aromatic rings. The number of nitriles is 1. The summed E-state index contributed by atoms with van der Waals surface area (Å²) in [6, 6.07) is 3.49. The third-order valence-electron chi connectivity index (χ3n) is 3.85. The van der Waals surface area contributed by atoms with Gasteiger partial charge in [0.05, 0.1) is 19.6 Å². The smallest absolute Gasteiger partial charge is 0.308 e. The third kappa shape index (κ3) is 4.42. The van der Waals surface area contributed by atoms with Crippen molar-refractivity contribution < 1.29 is 14.3 Å². The maximum atomic E-state index is 11.6. The Hall–Kier alpha value is -2.16. The van der Waals surface area contributed by atoms with E-state index in [2.05, 4.69) is 9.97 Å². The van der Waals surface area contributed by atoms with Crippen molar-refractivity contribution in [3.05, 3.63) is 18.1 Å². The van der Waals surface area contributed by atoms with Crippen LogP contribution >= 0.6 is 0 Å². The standard InChI is InChI=1S/C15H19N3O3/c1-20-15(19)12-4-2-3-11(5-6-12)9-21-14-7-13(8-16)17-10-18-14/h7,10-12H,2-6,9H2,1H3. The lowest BCUT2D eigenvalue weighted by Crippen LogP contribution is -2.16. The van der Waals surface area contributed by atoms with Gasteiger partial charge in [-0.2, -0.15) is 5.26 Å². The number of carbonyl (C=O) groups excluding carboxylic acids is 1. The van der Waals surface area contributed by atoms with E-state index in [4.69, 9.17) is 14.7 Å². The fraction of sp³-hybridized carbons (Fsp3) is 0.600. The largest absolute Gasteiger partial charge is 0.477 e. The highest BCUT2D eigenvalue weighted by Gasteiger charge is 2.24. The number of hydrogen-bond donors (Lipinski definition) is 0. The molecule has 1 aliphatic carbocycles. The van der Waals surface area contributed by atoms with Crippen LogP contribution in [0.3, 0.4) is 0 Å². The Morgan fingerprint density at radius 1 is 1.38 bits per heavy atom. The predicted molar refractivity (Wildman–Crippen MR) is 74.3 cm³/mol. The van der Waals surface area contributed by atoms with Gasteiger partial charge in [0.2, 0.25) is 5.88 Å². The van der Waals surface area contributed by atoms with Crippen molar-refractivity contribution in [2.45, 2.75) is 32.1 Å². The zero-order chi connectivity index (χ0) is 15.1. The number of carbonyl (C=O) groups is 1. The highest BCUT2D eigenvalue weighted by molar-refractivity contribution is 5.72. The third-order valence-corrected chi connectivity index (χ3v) is 3.85. The highest BCUT2D eigenvalue weighted by Crippen LogP contribution is 2.28. The molecule has 6 heteroatoms.